The van der Waals surface area contributed by atoms with E-state index >= 15 is 0 Å². The van der Waals surface area contributed by atoms with E-state index in [-0.39, 0.29) is 36.2 Å². The van der Waals surface area contributed by atoms with Crippen LogP contribution in [0.15, 0.2) is 59.2 Å². The average Bonchev–Trinajstić information content (AvgIpc) is 3.37. The largest absolute Gasteiger partial charge is 0.459 e. The third-order valence-corrected chi connectivity index (χ3v) is 5.08. The van der Waals surface area contributed by atoms with Gasteiger partial charge in [-0.3, -0.25) is 14.4 Å². The number of ketones is 1. The Kier molecular flexibility index (Phi) is 6.39. The molecule has 0 radical (unpaired) electrons. The van der Waals surface area contributed by atoms with E-state index in [2.05, 4.69) is 10.6 Å². The lowest BCUT2D eigenvalue weighted by atomic mass is 10.1. The lowest BCUT2D eigenvalue weighted by Gasteiger charge is -2.07. The van der Waals surface area contributed by atoms with Crippen LogP contribution in [0.4, 0.5) is 5.69 Å². The zero-order valence-corrected chi connectivity index (χ0v) is 16.2. The third-order valence-electron chi connectivity index (χ3n) is 4.04. The molecule has 7 heteroatoms. The van der Waals surface area contributed by atoms with Gasteiger partial charge in [-0.1, -0.05) is 12.1 Å². The molecule has 2 N–H and O–H groups in total. The number of carbonyl (C=O) groups excluding carboxylic acids is 3. The highest BCUT2D eigenvalue weighted by Gasteiger charge is 2.11. The van der Waals surface area contributed by atoms with Crippen LogP contribution in [0.2, 0.25) is 0 Å². The average molecular weight is 396 g/mol. The molecule has 0 aliphatic heterocycles. The van der Waals surface area contributed by atoms with Crippen LogP contribution in [0.3, 0.4) is 0 Å². The Labute approximate surface area is 166 Å². The van der Waals surface area contributed by atoms with E-state index in [1.807, 2.05) is 25.1 Å². The number of amides is 2. The fraction of sp³-hybridized carbons (Fsp3) is 0.190. The van der Waals surface area contributed by atoms with Crippen LogP contribution in [-0.4, -0.2) is 17.6 Å². The topological polar surface area (TPSA) is 88.4 Å². The van der Waals surface area contributed by atoms with E-state index in [4.69, 9.17) is 4.42 Å². The number of thiophene rings is 1. The molecule has 2 amide bonds. The van der Waals surface area contributed by atoms with Crippen LogP contribution in [0, 0.1) is 6.92 Å². The smallest absolute Gasteiger partial charge is 0.291 e. The molecule has 0 saturated heterocycles. The monoisotopic (exact) mass is 396 g/mol. The van der Waals surface area contributed by atoms with Crippen LogP contribution in [0.5, 0.6) is 0 Å². The Morgan fingerprint density at radius 3 is 2.43 bits per heavy atom. The highest BCUT2D eigenvalue weighted by atomic mass is 32.1. The van der Waals surface area contributed by atoms with Crippen LogP contribution >= 0.6 is 11.3 Å². The number of rotatable bonds is 8. The van der Waals surface area contributed by atoms with E-state index < -0.39 is 0 Å². The van der Waals surface area contributed by atoms with Crippen molar-refractivity contribution < 1.29 is 18.8 Å². The summed E-state index contributed by atoms with van der Waals surface area (Å²) in [4.78, 5) is 37.7. The number of aryl methyl sites for hydroxylation is 1. The van der Waals surface area contributed by atoms with Gasteiger partial charge in [0.1, 0.15) is 0 Å². The lowest BCUT2D eigenvalue weighted by molar-refractivity contribution is -0.121. The predicted molar refractivity (Wildman–Crippen MR) is 108 cm³/mol. The number of benzene rings is 1. The van der Waals surface area contributed by atoms with Gasteiger partial charge in [0.25, 0.3) is 5.91 Å². The summed E-state index contributed by atoms with van der Waals surface area (Å²) in [5, 5.41) is 5.53. The minimum Gasteiger partial charge on any atom is -0.459 e. The number of carbonyl (C=O) groups is 3. The van der Waals surface area contributed by atoms with E-state index in [1.54, 1.807) is 30.3 Å². The first-order valence-corrected chi connectivity index (χ1v) is 9.63. The van der Waals surface area contributed by atoms with Crippen molar-refractivity contribution in [3.8, 4) is 0 Å². The normalized spacial score (nSPS) is 10.5. The van der Waals surface area contributed by atoms with Crippen molar-refractivity contribution >= 4 is 34.6 Å². The van der Waals surface area contributed by atoms with Gasteiger partial charge in [0, 0.05) is 30.0 Å². The van der Waals surface area contributed by atoms with Gasteiger partial charge in [-0.15, -0.1) is 11.3 Å². The molecule has 0 aliphatic carbocycles. The quantitative estimate of drug-likeness (QED) is 0.559. The molecule has 28 heavy (non-hydrogen) atoms. The van der Waals surface area contributed by atoms with Crippen LogP contribution in [0.1, 0.15) is 43.5 Å². The molecule has 144 valence electrons. The maximum absolute atomic E-state index is 12.0. The van der Waals surface area contributed by atoms with Gasteiger partial charge in [0.2, 0.25) is 5.91 Å². The molecule has 0 bridgehead atoms. The van der Waals surface area contributed by atoms with Gasteiger partial charge in [0.15, 0.2) is 11.5 Å². The minimum absolute atomic E-state index is 0.00935. The van der Waals surface area contributed by atoms with Crippen molar-refractivity contribution in [1.29, 1.82) is 0 Å². The van der Waals surface area contributed by atoms with Crippen molar-refractivity contribution in [2.75, 3.05) is 5.32 Å². The first kappa shape index (κ1) is 19.6. The molecular weight excluding hydrogens is 376 g/mol. The number of anilines is 1. The molecule has 6 nitrogen and oxygen atoms in total. The minimum atomic E-state index is -0.323. The fourth-order valence-electron chi connectivity index (χ4n) is 2.53. The summed E-state index contributed by atoms with van der Waals surface area (Å²) in [5.74, 6) is -0.262. The van der Waals surface area contributed by atoms with E-state index in [9.17, 15) is 14.4 Å². The second-order valence-electron chi connectivity index (χ2n) is 6.24. The van der Waals surface area contributed by atoms with E-state index in [0.717, 1.165) is 10.4 Å². The number of Topliss-reactive ketones (excluding diaryl/α,β-unsaturated/α-hetero) is 1. The highest BCUT2D eigenvalue weighted by Crippen LogP contribution is 2.17. The molecule has 0 fully saturated rings. The van der Waals surface area contributed by atoms with Gasteiger partial charge in [-0.2, -0.15) is 0 Å². The maximum atomic E-state index is 12.0. The molecule has 0 atom stereocenters. The molecule has 0 saturated carbocycles. The summed E-state index contributed by atoms with van der Waals surface area (Å²) >= 11 is 1.45. The van der Waals surface area contributed by atoms with Gasteiger partial charge in [-0.25, -0.2) is 0 Å². The summed E-state index contributed by atoms with van der Waals surface area (Å²) < 4.78 is 5.04. The number of hydrogen-bond acceptors (Lipinski definition) is 5. The molecule has 1 aromatic carbocycles. The molecule has 2 aromatic heterocycles. The summed E-state index contributed by atoms with van der Waals surface area (Å²) in [6, 6.07) is 14.1. The van der Waals surface area contributed by atoms with E-state index in [1.165, 1.54) is 17.6 Å². The molecule has 0 unspecified atom stereocenters. The number of hydrogen-bond donors (Lipinski definition) is 2. The van der Waals surface area contributed by atoms with Crippen LogP contribution in [-0.2, 0) is 11.3 Å². The second kappa shape index (κ2) is 9.14. The maximum Gasteiger partial charge on any atom is 0.291 e. The van der Waals surface area contributed by atoms with Crippen LogP contribution in [0.25, 0.3) is 0 Å². The van der Waals surface area contributed by atoms with Gasteiger partial charge < -0.3 is 15.1 Å². The first-order chi connectivity index (χ1) is 13.5. The second-order valence-corrected chi connectivity index (χ2v) is 7.53. The standard InChI is InChI=1S/C21H20N2O4S/c1-14-4-10-19(28-14)17(24)9-11-20(25)22-13-15-5-7-16(8-6-15)23-21(26)18-3-2-12-27-18/h2-8,10,12H,9,11,13H2,1H3,(H,22,25)(H,23,26). The third kappa shape index (κ3) is 5.40. The summed E-state index contributed by atoms with van der Waals surface area (Å²) in [6.07, 6.45) is 1.80. The molecular formula is C21H20N2O4S. The lowest BCUT2D eigenvalue weighted by Crippen LogP contribution is -2.23. The van der Waals surface area contributed by atoms with Crippen molar-refractivity contribution in [2.24, 2.45) is 0 Å². The van der Waals surface area contributed by atoms with Crippen molar-refractivity contribution in [3.63, 3.8) is 0 Å². The molecule has 3 aromatic rings. The van der Waals surface area contributed by atoms with Crippen LogP contribution < -0.4 is 10.6 Å². The molecule has 0 aliphatic rings. The molecule has 0 spiro atoms. The molecule has 2 heterocycles. The zero-order valence-electron chi connectivity index (χ0n) is 15.4. The van der Waals surface area contributed by atoms with Crippen molar-refractivity contribution in [2.45, 2.75) is 26.3 Å². The number of nitrogens with one attached hydrogen (secondary N) is 2. The zero-order chi connectivity index (χ0) is 19.9. The van der Waals surface area contributed by atoms with Crippen molar-refractivity contribution in [3.05, 3.63) is 75.9 Å². The SMILES string of the molecule is Cc1ccc(C(=O)CCC(=O)NCc2ccc(NC(=O)c3ccco3)cc2)s1. The van der Waals surface area contributed by atoms with Crippen molar-refractivity contribution in [1.82, 2.24) is 5.32 Å². The van der Waals surface area contributed by atoms with E-state index in [0.29, 0.717) is 17.1 Å². The van der Waals surface area contributed by atoms with Gasteiger partial charge in [-0.05, 0) is 48.9 Å². The Hall–Kier alpha value is -3.19. The first-order valence-electron chi connectivity index (χ1n) is 8.81. The Morgan fingerprint density at radius 2 is 1.79 bits per heavy atom. The van der Waals surface area contributed by atoms with Gasteiger partial charge in [0.05, 0.1) is 11.1 Å². The predicted octanol–water partition coefficient (Wildman–Crippen LogP) is 4.18. The summed E-state index contributed by atoms with van der Waals surface area (Å²) in [5.41, 5.74) is 1.53. The van der Waals surface area contributed by atoms with Gasteiger partial charge >= 0.3 is 0 Å². The molecule has 3 rings (SSSR count). The Morgan fingerprint density at radius 1 is 1.00 bits per heavy atom. The summed E-state index contributed by atoms with van der Waals surface area (Å²) in [6.45, 7) is 2.30. The summed E-state index contributed by atoms with van der Waals surface area (Å²) in [7, 11) is 0. The highest BCUT2D eigenvalue weighted by molar-refractivity contribution is 7.14. The Balaban J connectivity index is 1.42. The number of furan rings is 1. The Bertz CT molecular complexity index is 959. The fourth-order valence-corrected chi connectivity index (χ4v) is 3.37.